The van der Waals surface area contributed by atoms with Crippen molar-refractivity contribution in [3.8, 4) is 11.1 Å². The minimum Gasteiger partial charge on any atom is -0.348 e. The molecule has 2 aliphatic rings. The molecule has 104 valence electrons. The molecule has 0 bridgehead atoms. The number of nitrogens with one attached hydrogen (secondary N) is 1. The van der Waals surface area contributed by atoms with Crippen LogP contribution in [0.15, 0.2) is 54.6 Å². The first-order chi connectivity index (χ1) is 9.74. The van der Waals surface area contributed by atoms with Crippen LogP contribution in [0.5, 0.6) is 0 Å². The lowest BCUT2D eigenvalue weighted by molar-refractivity contribution is -0.153. The third-order valence-electron chi connectivity index (χ3n) is 2.90. The number of anilines is 1. The molecule has 0 fully saturated rings. The summed E-state index contributed by atoms with van der Waals surface area (Å²) in [7, 11) is 2.83. The molecule has 0 saturated heterocycles. The summed E-state index contributed by atoms with van der Waals surface area (Å²) < 4.78 is 9.60. The van der Waals surface area contributed by atoms with E-state index < -0.39 is 6.29 Å². The Morgan fingerprint density at radius 1 is 0.900 bits per heavy atom. The van der Waals surface area contributed by atoms with E-state index in [9.17, 15) is 4.79 Å². The average Bonchev–Trinajstić information content (AvgIpc) is 2.46. The van der Waals surface area contributed by atoms with E-state index in [4.69, 9.17) is 9.47 Å². The normalized spacial score (nSPS) is 10.6. The van der Waals surface area contributed by atoms with Gasteiger partial charge in [0, 0.05) is 19.9 Å². The van der Waals surface area contributed by atoms with Gasteiger partial charge < -0.3 is 14.8 Å². The smallest absolute Gasteiger partial charge is 0.281 e. The minimum absolute atomic E-state index is 0.318. The highest BCUT2D eigenvalue weighted by molar-refractivity contribution is 5.93. The minimum atomic E-state index is -0.866. The van der Waals surface area contributed by atoms with Crippen molar-refractivity contribution in [2.24, 2.45) is 0 Å². The van der Waals surface area contributed by atoms with Crippen LogP contribution < -0.4 is 5.32 Å². The standard InChI is InChI=1S/C10H13NO3.C6H4/c1-13-10(14-2)9(12)11-8-6-4-3-5-7-8;1-2-6-4-3-5(1)6/h3-7,10H,1-2H3,(H,11,12);1-4H. The largest absolute Gasteiger partial charge is 0.348 e. The Morgan fingerprint density at radius 2 is 1.40 bits per heavy atom. The highest BCUT2D eigenvalue weighted by Crippen LogP contribution is 2.29. The molecule has 0 atom stereocenters. The monoisotopic (exact) mass is 271 g/mol. The molecule has 0 unspecified atom stereocenters. The molecule has 3 rings (SSSR count). The predicted octanol–water partition coefficient (Wildman–Crippen LogP) is 2.91. The fourth-order valence-corrected chi connectivity index (χ4v) is 1.70. The Morgan fingerprint density at radius 3 is 1.75 bits per heavy atom. The number of hydrogen-bond donors (Lipinski definition) is 1. The molecule has 2 aliphatic carbocycles. The molecule has 1 N–H and O–H groups in total. The van der Waals surface area contributed by atoms with E-state index >= 15 is 0 Å². The lowest BCUT2D eigenvalue weighted by Crippen LogP contribution is -2.30. The van der Waals surface area contributed by atoms with E-state index in [1.54, 1.807) is 12.1 Å². The Hall–Kier alpha value is -2.17. The summed E-state index contributed by atoms with van der Waals surface area (Å²) in [4.78, 5) is 11.4. The van der Waals surface area contributed by atoms with Crippen molar-refractivity contribution in [2.75, 3.05) is 19.5 Å². The second-order valence-electron chi connectivity index (χ2n) is 4.24. The van der Waals surface area contributed by atoms with Crippen molar-refractivity contribution < 1.29 is 14.3 Å². The maximum atomic E-state index is 11.4. The van der Waals surface area contributed by atoms with Crippen LogP contribution in [0.4, 0.5) is 5.69 Å². The van der Waals surface area contributed by atoms with Gasteiger partial charge in [0.05, 0.1) is 0 Å². The van der Waals surface area contributed by atoms with Crippen LogP contribution in [0, 0.1) is 0 Å². The molecule has 0 aliphatic heterocycles. The summed E-state index contributed by atoms with van der Waals surface area (Å²) in [6.07, 6.45) is -0.866. The van der Waals surface area contributed by atoms with Crippen molar-refractivity contribution in [3.63, 3.8) is 0 Å². The van der Waals surface area contributed by atoms with Crippen molar-refractivity contribution in [2.45, 2.75) is 6.29 Å². The first-order valence-electron chi connectivity index (χ1n) is 6.26. The second kappa shape index (κ2) is 6.84. The molecule has 1 amide bonds. The van der Waals surface area contributed by atoms with Crippen LogP contribution in [0.1, 0.15) is 0 Å². The van der Waals surface area contributed by atoms with Crippen LogP contribution >= 0.6 is 0 Å². The summed E-state index contributed by atoms with van der Waals surface area (Å²) >= 11 is 0. The molecular weight excluding hydrogens is 254 g/mol. The van der Waals surface area contributed by atoms with E-state index in [-0.39, 0.29) is 5.91 Å². The number of fused-ring (bicyclic) bond motifs is 1. The molecule has 0 heterocycles. The molecule has 0 spiro atoms. The number of para-hydroxylation sites is 1. The summed E-state index contributed by atoms with van der Waals surface area (Å²) in [5, 5.41) is 2.65. The quantitative estimate of drug-likeness (QED) is 0.742. The topological polar surface area (TPSA) is 47.6 Å². The van der Waals surface area contributed by atoms with Gasteiger partial charge in [-0.25, -0.2) is 0 Å². The average molecular weight is 271 g/mol. The zero-order valence-electron chi connectivity index (χ0n) is 11.5. The summed E-state index contributed by atoms with van der Waals surface area (Å²) in [6, 6.07) is 17.6. The Balaban J connectivity index is 0.000000198. The van der Waals surface area contributed by atoms with Gasteiger partial charge in [0.15, 0.2) is 0 Å². The van der Waals surface area contributed by atoms with Crippen LogP contribution in [-0.2, 0) is 14.3 Å². The highest BCUT2D eigenvalue weighted by Gasteiger charge is 2.16. The van der Waals surface area contributed by atoms with Gasteiger partial charge in [0.2, 0.25) is 6.29 Å². The lowest BCUT2D eigenvalue weighted by atomic mass is 9.95. The van der Waals surface area contributed by atoms with Crippen molar-refractivity contribution in [3.05, 3.63) is 54.6 Å². The number of rotatable bonds is 4. The molecule has 20 heavy (non-hydrogen) atoms. The molecular formula is C16H17NO3. The third kappa shape index (κ3) is 3.44. The molecule has 4 heteroatoms. The molecule has 1 aromatic carbocycles. The molecule has 0 aromatic heterocycles. The van der Waals surface area contributed by atoms with Gasteiger partial charge >= 0.3 is 0 Å². The SMILES string of the molecule is COC(OC)C(=O)Nc1ccccc1.c1cc2ccc1-2. The number of ether oxygens (including phenoxy) is 2. The zero-order chi connectivity index (χ0) is 14.4. The second-order valence-corrected chi connectivity index (χ2v) is 4.24. The predicted molar refractivity (Wildman–Crippen MR) is 78.3 cm³/mol. The van der Waals surface area contributed by atoms with Crippen LogP contribution in [0.2, 0.25) is 0 Å². The fraction of sp³-hybridized carbons (Fsp3) is 0.188. The van der Waals surface area contributed by atoms with Gasteiger partial charge in [-0.3, -0.25) is 4.79 Å². The van der Waals surface area contributed by atoms with Crippen molar-refractivity contribution >= 4 is 11.6 Å². The highest BCUT2D eigenvalue weighted by atomic mass is 16.7. The lowest BCUT2D eigenvalue weighted by Gasteiger charge is -2.12. The molecule has 4 nitrogen and oxygen atoms in total. The molecule has 0 radical (unpaired) electrons. The fourth-order valence-electron chi connectivity index (χ4n) is 1.70. The van der Waals surface area contributed by atoms with Crippen LogP contribution in [0.3, 0.4) is 0 Å². The number of amides is 1. The van der Waals surface area contributed by atoms with Crippen molar-refractivity contribution in [1.29, 1.82) is 0 Å². The van der Waals surface area contributed by atoms with Crippen LogP contribution in [0.25, 0.3) is 11.1 Å². The molecule has 0 saturated carbocycles. The van der Waals surface area contributed by atoms with Gasteiger partial charge in [-0.15, -0.1) is 0 Å². The van der Waals surface area contributed by atoms with E-state index in [1.807, 2.05) is 18.2 Å². The van der Waals surface area contributed by atoms with E-state index in [0.717, 1.165) is 5.69 Å². The van der Waals surface area contributed by atoms with Gasteiger partial charge in [0.25, 0.3) is 5.91 Å². The summed E-state index contributed by atoms with van der Waals surface area (Å²) in [5.41, 5.74) is 3.57. The first kappa shape index (κ1) is 14.2. The number of carbonyl (C=O) groups excluding carboxylic acids is 1. The summed E-state index contributed by atoms with van der Waals surface area (Å²) in [6.45, 7) is 0. The summed E-state index contributed by atoms with van der Waals surface area (Å²) in [5.74, 6) is -0.318. The van der Waals surface area contributed by atoms with E-state index in [1.165, 1.54) is 25.3 Å². The van der Waals surface area contributed by atoms with Gasteiger partial charge in [0.1, 0.15) is 0 Å². The Labute approximate surface area is 118 Å². The van der Waals surface area contributed by atoms with Crippen molar-refractivity contribution in [1.82, 2.24) is 0 Å². The Kier molecular flexibility index (Phi) is 4.87. The third-order valence-corrected chi connectivity index (χ3v) is 2.90. The molecule has 1 aromatic rings. The first-order valence-corrected chi connectivity index (χ1v) is 6.26. The number of benzene rings is 2. The maximum absolute atomic E-state index is 11.4. The van der Waals surface area contributed by atoms with Gasteiger partial charge in [-0.1, -0.05) is 42.5 Å². The van der Waals surface area contributed by atoms with Gasteiger partial charge in [-0.05, 0) is 23.3 Å². The number of hydrogen-bond acceptors (Lipinski definition) is 3. The van der Waals surface area contributed by atoms with E-state index in [0.29, 0.717) is 0 Å². The number of carbonyl (C=O) groups is 1. The maximum Gasteiger partial charge on any atom is 0.281 e. The van der Waals surface area contributed by atoms with E-state index in [2.05, 4.69) is 29.6 Å². The Bertz CT molecular complexity index is 527. The number of methoxy groups -OCH3 is 2. The zero-order valence-corrected chi connectivity index (χ0v) is 11.5. The van der Waals surface area contributed by atoms with Gasteiger partial charge in [-0.2, -0.15) is 0 Å². The van der Waals surface area contributed by atoms with Crippen LogP contribution in [-0.4, -0.2) is 26.4 Å².